The van der Waals surface area contributed by atoms with Gasteiger partial charge in [0.1, 0.15) is 0 Å². The fourth-order valence-corrected chi connectivity index (χ4v) is 2.17. The summed E-state index contributed by atoms with van der Waals surface area (Å²) in [4.78, 5) is 11.5. The molecule has 1 N–H and O–H groups in total. The number of benzene rings is 1. The molecule has 0 aromatic heterocycles. The van der Waals surface area contributed by atoms with E-state index in [1.165, 1.54) is 13.2 Å². The van der Waals surface area contributed by atoms with Gasteiger partial charge in [0.2, 0.25) is 0 Å². The molecule has 1 saturated heterocycles. The molecule has 17 heavy (non-hydrogen) atoms. The van der Waals surface area contributed by atoms with Crippen molar-refractivity contribution in [3.8, 4) is 0 Å². The lowest BCUT2D eigenvalue weighted by Crippen LogP contribution is -2.23. The molecule has 1 aromatic carbocycles. The first-order valence-corrected chi connectivity index (χ1v) is 5.37. The number of halogens is 2. The minimum atomic E-state index is -0.891. The molecule has 1 aliphatic rings. The summed E-state index contributed by atoms with van der Waals surface area (Å²) in [6.07, 6.45) is 0. The molecule has 3 nitrogen and oxygen atoms in total. The van der Waals surface area contributed by atoms with Crippen molar-refractivity contribution < 1.29 is 18.3 Å². The quantitative estimate of drug-likeness (QED) is 0.796. The summed E-state index contributed by atoms with van der Waals surface area (Å²) in [5.41, 5.74) is 0.615. The van der Waals surface area contributed by atoms with Crippen LogP contribution in [0.3, 0.4) is 0 Å². The zero-order chi connectivity index (χ0) is 12.4. The van der Waals surface area contributed by atoms with E-state index in [9.17, 15) is 13.6 Å². The molecule has 0 aliphatic carbocycles. The predicted molar refractivity (Wildman–Crippen MR) is 57.5 cm³/mol. The molecular weight excluding hydrogens is 228 g/mol. The Morgan fingerprint density at radius 2 is 2.12 bits per heavy atom. The first kappa shape index (κ1) is 12.0. The van der Waals surface area contributed by atoms with Crippen LogP contribution >= 0.6 is 0 Å². The van der Waals surface area contributed by atoms with Gasteiger partial charge in [0.15, 0.2) is 11.6 Å². The first-order valence-electron chi connectivity index (χ1n) is 5.37. The maximum atomic E-state index is 13.1. The van der Waals surface area contributed by atoms with Gasteiger partial charge in [-0.3, -0.25) is 4.79 Å². The fraction of sp³-hybridized carbons (Fsp3) is 0.417. The molecular formula is C12H13F2NO2. The molecule has 5 heteroatoms. The van der Waals surface area contributed by atoms with Gasteiger partial charge in [-0.15, -0.1) is 0 Å². The standard InChI is InChI=1S/C12H13F2NO2/c1-17-12(16)9-6-15-5-8(9)7-2-3-10(13)11(14)4-7/h2-4,8-9,15H,5-6H2,1H3/t8-,9+/m0/s1. The van der Waals surface area contributed by atoms with Crippen molar-refractivity contribution in [2.75, 3.05) is 20.2 Å². The number of nitrogens with one attached hydrogen (secondary N) is 1. The summed E-state index contributed by atoms with van der Waals surface area (Å²) < 4.78 is 30.6. The van der Waals surface area contributed by atoms with Crippen molar-refractivity contribution in [2.24, 2.45) is 5.92 Å². The van der Waals surface area contributed by atoms with Crippen LogP contribution < -0.4 is 5.32 Å². The molecule has 0 spiro atoms. The largest absolute Gasteiger partial charge is 0.469 e. The molecule has 2 atom stereocenters. The van der Waals surface area contributed by atoms with E-state index in [0.717, 1.165) is 12.1 Å². The van der Waals surface area contributed by atoms with Gasteiger partial charge in [-0.2, -0.15) is 0 Å². The van der Waals surface area contributed by atoms with Crippen molar-refractivity contribution in [3.63, 3.8) is 0 Å². The van der Waals surface area contributed by atoms with E-state index < -0.39 is 11.6 Å². The summed E-state index contributed by atoms with van der Waals surface area (Å²) in [5.74, 6) is -2.61. The average Bonchev–Trinajstić information content (AvgIpc) is 2.80. The van der Waals surface area contributed by atoms with Crippen LogP contribution in [0.2, 0.25) is 0 Å². The van der Waals surface area contributed by atoms with Crippen LogP contribution in [-0.2, 0) is 9.53 Å². The minimum absolute atomic E-state index is 0.169. The number of rotatable bonds is 2. The highest BCUT2D eigenvalue weighted by atomic mass is 19.2. The second kappa shape index (κ2) is 4.79. The molecule has 1 aliphatic heterocycles. The number of methoxy groups -OCH3 is 1. The van der Waals surface area contributed by atoms with Crippen LogP contribution in [0.4, 0.5) is 8.78 Å². The Balaban J connectivity index is 2.26. The Kier molecular flexibility index (Phi) is 3.38. The van der Waals surface area contributed by atoms with E-state index in [-0.39, 0.29) is 17.8 Å². The Morgan fingerprint density at radius 3 is 2.76 bits per heavy atom. The zero-order valence-corrected chi connectivity index (χ0v) is 9.37. The van der Waals surface area contributed by atoms with Gasteiger partial charge in [0.05, 0.1) is 13.0 Å². The van der Waals surface area contributed by atoms with Crippen molar-refractivity contribution in [1.29, 1.82) is 0 Å². The SMILES string of the molecule is COC(=O)[C@@H]1CNC[C@H]1c1ccc(F)c(F)c1. The van der Waals surface area contributed by atoms with E-state index in [1.807, 2.05) is 0 Å². The zero-order valence-electron chi connectivity index (χ0n) is 9.37. The minimum Gasteiger partial charge on any atom is -0.469 e. The monoisotopic (exact) mass is 241 g/mol. The summed E-state index contributed by atoms with van der Waals surface area (Å²) in [7, 11) is 1.32. The van der Waals surface area contributed by atoms with E-state index in [1.54, 1.807) is 0 Å². The number of hydrogen-bond donors (Lipinski definition) is 1. The summed E-state index contributed by atoms with van der Waals surface area (Å²) in [6, 6.07) is 3.73. The molecule has 0 bridgehead atoms. The fourth-order valence-electron chi connectivity index (χ4n) is 2.17. The summed E-state index contributed by atoms with van der Waals surface area (Å²) >= 11 is 0. The van der Waals surface area contributed by atoms with Crippen LogP contribution in [-0.4, -0.2) is 26.2 Å². The maximum absolute atomic E-state index is 13.1. The van der Waals surface area contributed by atoms with Crippen molar-refractivity contribution in [3.05, 3.63) is 35.4 Å². The number of ether oxygens (including phenoxy) is 1. The van der Waals surface area contributed by atoms with Gasteiger partial charge in [0, 0.05) is 19.0 Å². The third kappa shape index (κ3) is 2.29. The summed E-state index contributed by atoms with van der Waals surface area (Å²) in [5, 5.41) is 3.05. The van der Waals surface area contributed by atoms with Crippen LogP contribution in [0.5, 0.6) is 0 Å². The van der Waals surface area contributed by atoms with Crippen molar-refractivity contribution in [1.82, 2.24) is 5.32 Å². The topological polar surface area (TPSA) is 38.3 Å². The Morgan fingerprint density at radius 1 is 1.35 bits per heavy atom. The number of carbonyl (C=O) groups is 1. The van der Waals surface area contributed by atoms with Gasteiger partial charge in [0.25, 0.3) is 0 Å². The molecule has 92 valence electrons. The maximum Gasteiger partial charge on any atom is 0.310 e. The highest BCUT2D eigenvalue weighted by Gasteiger charge is 2.35. The molecule has 0 saturated carbocycles. The van der Waals surface area contributed by atoms with E-state index in [0.29, 0.717) is 18.7 Å². The van der Waals surface area contributed by atoms with Gasteiger partial charge >= 0.3 is 5.97 Å². The van der Waals surface area contributed by atoms with Crippen molar-refractivity contribution in [2.45, 2.75) is 5.92 Å². The van der Waals surface area contributed by atoms with E-state index in [4.69, 9.17) is 4.74 Å². The lowest BCUT2D eigenvalue weighted by molar-refractivity contribution is -0.145. The van der Waals surface area contributed by atoms with Crippen LogP contribution in [0, 0.1) is 17.6 Å². The summed E-state index contributed by atoms with van der Waals surface area (Å²) in [6.45, 7) is 1.06. The second-order valence-corrected chi connectivity index (χ2v) is 4.07. The first-order chi connectivity index (χ1) is 8.13. The molecule has 0 unspecified atom stereocenters. The third-order valence-electron chi connectivity index (χ3n) is 3.09. The Bertz CT molecular complexity index is 437. The molecule has 0 radical (unpaired) electrons. The number of esters is 1. The van der Waals surface area contributed by atoms with Crippen LogP contribution in [0.1, 0.15) is 11.5 Å². The number of hydrogen-bond acceptors (Lipinski definition) is 3. The molecule has 2 rings (SSSR count). The highest BCUT2D eigenvalue weighted by molar-refractivity contribution is 5.74. The Hall–Kier alpha value is -1.49. The highest BCUT2D eigenvalue weighted by Crippen LogP contribution is 2.29. The molecule has 1 fully saturated rings. The van der Waals surface area contributed by atoms with Crippen molar-refractivity contribution >= 4 is 5.97 Å². The second-order valence-electron chi connectivity index (χ2n) is 4.07. The Labute approximate surface area is 97.8 Å². The normalized spacial score (nSPS) is 23.7. The molecule has 1 heterocycles. The van der Waals surface area contributed by atoms with E-state index in [2.05, 4.69) is 5.32 Å². The van der Waals surface area contributed by atoms with Crippen LogP contribution in [0.25, 0.3) is 0 Å². The molecule has 0 amide bonds. The van der Waals surface area contributed by atoms with Gasteiger partial charge in [-0.25, -0.2) is 8.78 Å². The van der Waals surface area contributed by atoms with Gasteiger partial charge in [-0.05, 0) is 17.7 Å². The smallest absolute Gasteiger partial charge is 0.310 e. The van der Waals surface area contributed by atoms with Gasteiger partial charge < -0.3 is 10.1 Å². The lowest BCUT2D eigenvalue weighted by atomic mass is 9.89. The third-order valence-corrected chi connectivity index (χ3v) is 3.09. The van der Waals surface area contributed by atoms with E-state index >= 15 is 0 Å². The van der Waals surface area contributed by atoms with Crippen LogP contribution in [0.15, 0.2) is 18.2 Å². The lowest BCUT2D eigenvalue weighted by Gasteiger charge is -2.16. The van der Waals surface area contributed by atoms with Gasteiger partial charge in [-0.1, -0.05) is 6.07 Å². The molecule has 1 aromatic rings. The average molecular weight is 241 g/mol. The predicted octanol–water partition coefficient (Wildman–Crippen LogP) is 1.44. The number of carbonyl (C=O) groups excluding carboxylic acids is 1.